The Morgan fingerprint density at radius 3 is 2.40 bits per heavy atom. The fourth-order valence-electron chi connectivity index (χ4n) is 2.36. The molecule has 0 aliphatic heterocycles. The van der Waals surface area contributed by atoms with Crippen LogP contribution in [0.3, 0.4) is 0 Å². The van der Waals surface area contributed by atoms with Crippen LogP contribution < -0.4 is 21.7 Å². The lowest BCUT2D eigenvalue weighted by Gasteiger charge is -2.12. The first-order valence-electron chi connectivity index (χ1n) is 7.90. The van der Waals surface area contributed by atoms with E-state index in [1.54, 1.807) is 42.5 Å². The molecule has 0 heterocycles. The predicted molar refractivity (Wildman–Crippen MR) is 94.5 cm³/mol. The van der Waals surface area contributed by atoms with Crippen LogP contribution in [0.25, 0.3) is 0 Å². The molecular weight excluding hydrogens is 320 g/mol. The van der Waals surface area contributed by atoms with Crippen molar-refractivity contribution >= 4 is 29.2 Å². The minimum Gasteiger partial charge on any atom is -0.351 e. The molecule has 128 valence electrons. The van der Waals surface area contributed by atoms with Crippen molar-refractivity contribution in [1.82, 2.24) is 5.32 Å². The molecule has 3 rings (SSSR count). The van der Waals surface area contributed by atoms with Crippen molar-refractivity contribution in [3.8, 4) is 0 Å². The topological polar surface area (TPSA) is 113 Å². The molecule has 25 heavy (non-hydrogen) atoms. The molecule has 7 heteroatoms. The number of carbonyl (C=O) groups is 3. The lowest BCUT2D eigenvalue weighted by atomic mass is 10.1. The van der Waals surface area contributed by atoms with Crippen molar-refractivity contribution in [3.63, 3.8) is 0 Å². The van der Waals surface area contributed by atoms with Gasteiger partial charge in [-0.05, 0) is 43.2 Å². The number of nitrogens with two attached hydrogens (primary N) is 1. The van der Waals surface area contributed by atoms with Gasteiger partial charge in [0.1, 0.15) is 0 Å². The molecule has 1 aliphatic rings. The maximum Gasteiger partial charge on any atom is 0.316 e. The summed E-state index contributed by atoms with van der Waals surface area (Å²) in [5.41, 5.74) is 6.67. The van der Waals surface area contributed by atoms with E-state index in [4.69, 9.17) is 5.73 Å². The summed E-state index contributed by atoms with van der Waals surface area (Å²) in [7, 11) is 0. The highest BCUT2D eigenvalue weighted by Gasteiger charge is 2.25. The largest absolute Gasteiger partial charge is 0.351 e. The number of para-hydroxylation sites is 1. The van der Waals surface area contributed by atoms with E-state index >= 15 is 0 Å². The summed E-state index contributed by atoms with van der Waals surface area (Å²) in [6.07, 6.45) is 1.97. The van der Waals surface area contributed by atoms with Crippen LogP contribution >= 0.6 is 0 Å². The van der Waals surface area contributed by atoms with Crippen LogP contribution in [0.15, 0.2) is 48.5 Å². The molecule has 5 N–H and O–H groups in total. The Hall–Kier alpha value is -3.35. The maximum absolute atomic E-state index is 12.5. The molecule has 4 amide bonds. The number of hydrogen-bond acceptors (Lipinski definition) is 3. The first-order valence-corrected chi connectivity index (χ1v) is 7.90. The summed E-state index contributed by atoms with van der Waals surface area (Å²) in [6.45, 7) is 0. The SMILES string of the molecule is NC(=O)Nc1cccc(C(=O)Nc2ccccc2C(=O)NC2CC2)c1. The Bertz CT molecular complexity index is 831. The van der Waals surface area contributed by atoms with Gasteiger partial charge in [-0.3, -0.25) is 9.59 Å². The van der Waals surface area contributed by atoms with Gasteiger partial charge in [0, 0.05) is 17.3 Å². The quantitative estimate of drug-likeness (QED) is 0.671. The number of urea groups is 1. The molecule has 1 fully saturated rings. The highest BCUT2D eigenvalue weighted by atomic mass is 16.2. The van der Waals surface area contributed by atoms with Gasteiger partial charge in [0.25, 0.3) is 11.8 Å². The minimum absolute atomic E-state index is 0.206. The molecule has 0 bridgehead atoms. The van der Waals surface area contributed by atoms with Crippen LogP contribution in [0.5, 0.6) is 0 Å². The van der Waals surface area contributed by atoms with Gasteiger partial charge in [0.15, 0.2) is 0 Å². The zero-order valence-electron chi connectivity index (χ0n) is 13.4. The molecule has 0 radical (unpaired) electrons. The van der Waals surface area contributed by atoms with Gasteiger partial charge < -0.3 is 21.7 Å². The van der Waals surface area contributed by atoms with Crippen LogP contribution in [-0.4, -0.2) is 23.9 Å². The average molecular weight is 338 g/mol. The number of rotatable bonds is 5. The number of carbonyl (C=O) groups excluding carboxylic acids is 3. The number of primary amides is 1. The Balaban J connectivity index is 1.76. The number of amides is 4. The van der Waals surface area contributed by atoms with Gasteiger partial charge in [-0.15, -0.1) is 0 Å². The number of benzene rings is 2. The van der Waals surface area contributed by atoms with Crippen LogP contribution in [0.4, 0.5) is 16.2 Å². The van der Waals surface area contributed by atoms with E-state index < -0.39 is 6.03 Å². The molecule has 0 unspecified atom stereocenters. The van der Waals surface area contributed by atoms with Gasteiger partial charge in [0.05, 0.1) is 11.3 Å². The molecule has 0 atom stereocenters. The first-order chi connectivity index (χ1) is 12.0. The van der Waals surface area contributed by atoms with Gasteiger partial charge in [-0.2, -0.15) is 0 Å². The third-order valence-corrected chi connectivity index (χ3v) is 3.72. The third kappa shape index (κ3) is 4.35. The summed E-state index contributed by atoms with van der Waals surface area (Å²) in [6, 6.07) is 12.7. The lowest BCUT2D eigenvalue weighted by molar-refractivity contribution is 0.0952. The highest BCUT2D eigenvalue weighted by Crippen LogP contribution is 2.22. The predicted octanol–water partition coefficient (Wildman–Crippen LogP) is 2.32. The third-order valence-electron chi connectivity index (χ3n) is 3.72. The van der Waals surface area contributed by atoms with Crippen LogP contribution in [0.1, 0.15) is 33.6 Å². The standard InChI is InChI=1S/C18H18N4O3/c19-18(25)21-13-5-3-4-11(10-13)16(23)22-15-7-2-1-6-14(15)17(24)20-12-8-9-12/h1-7,10,12H,8-9H2,(H,20,24)(H,22,23)(H3,19,21,25). The van der Waals surface area contributed by atoms with E-state index in [2.05, 4.69) is 16.0 Å². The summed E-state index contributed by atoms with van der Waals surface area (Å²) < 4.78 is 0. The molecule has 0 saturated heterocycles. The lowest BCUT2D eigenvalue weighted by Crippen LogP contribution is -2.27. The Labute approximate surface area is 144 Å². The molecule has 0 aromatic heterocycles. The normalized spacial score (nSPS) is 13.0. The highest BCUT2D eigenvalue weighted by molar-refractivity contribution is 6.09. The van der Waals surface area contributed by atoms with E-state index in [9.17, 15) is 14.4 Å². The fraction of sp³-hybridized carbons (Fsp3) is 0.167. The van der Waals surface area contributed by atoms with Gasteiger partial charge in [0.2, 0.25) is 0 Å². The summed E-state index contributed by atoms with van der Waals surface area (Å²) in [5.74, 6) is -0.595. The van der Waals surface area contributed by atoms with Crippen molar-refractivity contribution in [3.05, 3.63) is 59.7 Å². The Kier molecular flexibility index (Phi) is 4.65. The average Bonchev–Trinajstić information content (AvgIpc) is 3.39. The molecule has 7 nitrogen and oxygen atoms in total. The Morgan fingerprint density at radius 1 is 0.920 bits per heavy atom. The molecule has 2 aromatic carbocycles. The number of anilines is 2. The maximum atomic E-state index is 12.5. The number of nitrogens with one attached hydrogen (secondary N) is 3. The molecule has 1 aliphatic carbocycles. The van der Waals surface area contributed by atoms with Crippen molar-refractivity contribution in [2.45, 2.75) is 18.9 Å². The summed E-state index contributed by atoms with van der Waals surface area (Å²) in [4.78, 5) is 35.7. The fourth-order valence-corrected chi connectivity index (χ4v) is 2.36. The van der Waals surface area contributed by atoms with Crippen molar-refractivity contribution in [2.75, 3.05) is 10.6 Å². The van der Waals surface area contributed by atoms with Crippen molar-refractivity contribution < 1.29 is 14.4 Å². The molecule has 2 aromatic rings. The second-order valence-electron chi connectivity index (χ2n) is 5.82. The monoisotopic (exact) mass is 338 g/mol. The van der Waals surface area contributed by atoms with Crippen LogP contribution in [0.2, 0.25) is 0 Å². The molecule has 1 saturated carbocycles. The van der Waals surface area contributed by atoms with Gasteiger partial charge in [-0.1, -0.05) is 18.2 Å². The molecular formula is C18H18N4O3. The van der Waals surface area contributed by atoms with Gasteiger partial charge >= 0.3 is 6.03 Å². The van der Waals surface area contributed by atoms with Crippen LogP contribution in [0, 0.1) is 0 Å². The second-order valence-corrected chi connectivity index (χ2v) is 5.82. The number of hydrogen-bond donors (Lipinski definition) is 4. The van der Waals surface area contributed by atoms with E-state index in [0.29, 0.717) is 22.5 Å². The van der Waals surface area contributed by atoms with Gasteiger partial charge in [-0.25, -0.2) is 4.79 Å². The van der Waals surface area contributed by atoms with Crippen molar-refractivity contribution in [2.24, 2.45) is 5.73 Å². The molecule has 0 spiro atoms. The first kappa shape index (κ1) is 16.5. The van der Waals surface area contributed by atoms with E-state index in [-0.39, 0.29) is 17.9 Å². The van der Waals surface area contributed by atoms with E-state index in [1.807, 2.05) is 0 Å². The van der Waals surface area contributed by atoms with Crippen LogP contribution in [-0.2, 0) is 0 Å². The Morgan fingerprint density at radius 2 is 1.68 bits per heavy atom. The minimum atomic E-state index is -0.709. The smallest absolute Gasteiger partial charge is 0.316 e. The van der Waals surface area contributed by atoms with E-state index in [0.717, 1.165) is 12.8 Å². The van der Waals surface area contributed by atoms with Crippen molar-refractivity contribution in [1.29, 1.82) is 0 Å². The van der Waals surface area contributed by atoms with E-state index in [1.165, 1.54) is 6.07 Å². The summed E-state index contributed by atoms with van der Waals surface area (Å²) >= 11 is 0. The summed E-state index contributed by atoms with van der Waals surface area (Å²) in [5, 5.41) is 8.06. The second kappa shape index (κ2) is 7.04. The zero-order chi connectivity index (χ0) is 17.8. The zero-order valence-corrected chi connectivity index (χ0v) is 13.4.